The van der Waals surface area contributed by atoms with Crippen molar-refractivity contribution in [1.29, 1.82) is 0 Å². The van der Waals surface area contributed by atoms with Gasteiger partial charge in [-0.2, -0.15) is 0 Å². The second kappa shape index (κ2) is 9.60. The van der Waals surface area contributed by atoms with E-state index in [-0.39, 0.29) is 12.3 Å². The third-order valence-corrected chi connectivity index (χ3v) is 4.48. The van der Waals surface area contributed by atoms with Gasteiger partial charge in [0, 0.05) is 6.07 Å². The van der Waals surface area contributed by atoms with E-state index < -0.39 is 5.97 Å². The van der Waals surface area contributed by atoms with E-state index in [2.05, 4.69) is 0 Å². The molecule has 3 rings (SSSR count). The standard InChI is InChI=1S/C24H24O4/c1-18(14-24(25)26)22-13-12-21(27-16-19-8-4-2-5-9-19)15-23(22)28-17-20-10-6-3-7-11-20/h2-13,15,18H,14,16-17H2,1H3,(H,25,26). The van der Waals surface area contributed by atoms with Gasteiger partial charge in [-0.05, 0) is 28.7 Å². The van der Waals surface area contributed by atoms with Gasteiger partial charge in [0.05, 0.1) is 6.42 Å². The summed E-state index contributed by atoms with van der Waals surface area (Å²) in [5, 5.41) is 9.14. The first-order valence-electron chi connectivity index (χ1n) is 9.31. The summed E-state index contributed by atoms with van der Waals surface area (Å²) in [5.74, 6) is 0.360. The fourth-order valence-electron chi connectivity index (χ4n) is 2.98. The third kappa shape index (κ3) is 5.61. The summed E-state index contributed by atoms with van der Waals surface area (Å²) in [6.45, 7) is 2.77. The van der Waals surface area contributed by atoms with Crippen LogP contribution in [-0.4, -0.2) is 11.1 Å². The molecular weight excluding hydrogens is 352 g/mol. The fourth-order valence-corrected chi connectivity index (χ4v) is 2.98. The highest BCUT2D eigenvalue weighted by Crippen LogP contribution is 2.33. The number of carboxylic acids is 1. The number of hydrogen-bond acceptors (Lipinski definition) is 3. The largest absolute Gasteiger partial charge is 0.489 e. The average molecular weight is 376 g/mol. The van der Waals surface area contributed by atoms with Crippen molar-refractivity contribution >= 4 is 5.97 Å². The van der Waals surface area contributed by atoms with E-state index in [1.165, 1.54) is 0 Å². The zero-order valence-electron chi connectivity index (χ0n) is 15.9. The van der Waals surface area contributed by atoms with Crippen molar-refractivity contribution in [2.24, 2.45) is 0 Å². The van der Waals surface area contributed by atoms with Crippen molar-refractivity contribution in [3.8, 4) is 11.5 Å². The van der Waals surface area contributed by atoms with Crippen LogP contribution in [-0.2, 0) is 18.0 Å². The van der Waals surface area contributed by atoms with Gasteiger partial charge in [0.1, 0.15) is 24.7 Å². The molecule has 144 valence electrons. The Morgan fingerprint density at radius 3 is 2.00 bits per heavy atom. The number of carbonyl (C=O) groups is 1. The first-order valence-corrected chi connectivity index (χ1v) is 9.31. The lowest BCUT2D eigenvalue weighted by Gasteiger charge is -2.17. The first kappa shape index (κ1) is 19.5. The van der Waals surface area contributed by atoms with Crippen molar-refractivity contribution in [2.45, 2.75) is 32.5 Å². The molecule has 0 saturated heterocycles. The second-order valence-corrected chi connectivity index (χ2v) is 6.75. The van der Waals surface area contributed by atoms with Crippen molar-refractivity contribution in [3.05, 3.63) is 95.6 Å². The fraction of sp³-hybridized carbons (Fsp3) is 0.208. The van der Waals surface area contributed by atoms with Crippen LogP contribution >= 0.6 is 0 Å². The minimum Gasteiger partial charge on any atom is -0.489 e. The SMILES string of the molecule is CC(CC(=O)O)c1ccc(OCc2ccccc2)cc1OCc1ccccc1. The summed E-state index contributed by atoms with van der Waals surface area (Å²) >= 11 is 0. The van der Waals surface area contributed by atoms with E-state index in [0.717, 1.165) is 16.7 Å². The van der Waals surface area contributed by atoms with E-state index in [4.69, 9.17) is 14.6 Å². The summed E-state index contributed by atoms with van der Waals surface area (Å²) in [4.78, 5) is 11.1. The van der Waals surface area contributed by atoms with Gasteiger partial charge in [-0.1, -0.05) is 73.7 Å². The molecule has 0 heterocycles. The summed E-state index contributed by atoms with van der Waals surface area (Å²) in [7, 11) is 0. The van der Waals surface area contributed by atoms with Crippen LogP contribution in [0, 0.1) is 0 Å². The summed E-state index contributed by atoms with van der Waals surface area (Å²) < 4.78 is 11.9. The van der Waals surface area contributed by atoms with Crippen molar-refractivity contribution < 1.29 is 19.4 Å². The van der Waals surface area contributed by atoms with Crippen LogP contribution in [0.4, 0.5) is 0 Å². The molecule has 0 aromatic heterocycles. The number of aliphatic carboxylic acids is 1. The molecule has 0 aliphatic rings. The molecule has 0 amide bonds. The number of benzene rings is 3. The van der Waals surface area contributed by atoms with Crippen LogP contribution in [0.2, 0.25) is 0 Å². The normalized spacial score (nSPS) is 11.6. The van der Waals surface area contributed by atoms with E-state index in [1.54, 1.807) is 0 Å². The van der Waals surface area contributed by atoms with Crippen LogP contribution in [0.25, 0.3) is 0 Å². The average Bonchev–Trinajstić information content (AvgIpc) is 2.72. The van der Waals surface area contributed by atoms with Gasteiger partial charge >= 0.3 is 5.97 Å². The monoisotopic (exact) mass is 376 g/mol. The van der Waals surface area contributed by atoms with Gasteiger partial charge in [-0.15, -0.1) is 0 Å². The molecule has 0 aliphatic carbocycles. The number of carboxylic acid groups (broad SMARTS) is 1. The van der Waals surface area contributed by atoms with Crippen LogP contribution in [0.3, 0.4) is 0 Å². The van der Waals surface area contributed by atoms with Crippen LogP contribution < -0.4 is 9.47 Å². The Bertz CT molecular complexity index is 891. The van der Waals surface area contributed by atoms with Gasteiger partial charge in [-0.3, -0.25) is 4.79 Å². The molecule has 0 saturated carbocycles. The molecular formula is C24H24O4. The minimum atomic E-state index is -0.828. The van der Waals surface area contributed by atoms with E-state index in [1.807, 2.05) is 85.8 Å². The Hall–Kier alpha value is -3.27. The van der Waals surface area contributed by atoms with Crippen LogP contribution in [0.15, 0.2) is 78.9 Å². The van der Waals surface area contributed by atoms with Crippen molar-refractivity contribution in [3.63, 3.8) is 0 Å². The topological polar surface area (TPSA) is 55.8 Å². The van der Waals surface area contributed by atoms with Crippen molar-refractivity contribution in [2.75, 3.05) is 0 Å². The Morgan fingerprint density at radius 1 is 0.857 bits per heavy atom. The molecule has 3 aromatic carbocycles. The molecule has 0 fully saturated rings. The van der Waals surface area contributed by atoms with Gasteiger partial charge < -0.3 is 14.6 Å². The maximum absolute atomic E-state index is 11.1. The highest BCUT2D eigenvalue weighted by molar-refractivity contribution is 5.68. The summed E-state index contributed by atoms with van der Waals surface area (Å²) in [6.07, 6.45) is 0.0475. The molecule has 1 atom stereocenters. The third-order valence-electron chi connectivity index (χ3n) is 4.48. The maximum atomic E-state index is 11.1. The molecule has 0 radical (unpaired) electrons. The molecule has 4 heteroatoms. The van der Waals surface area contributed by atoms with Crippen LogP contribution in [0.1, 0.15) is 36.0 Å². The second-order valence-electron chi connectivity index (χ2n) is 6.75. The molecule has 1 unspecified atom stereocenters. The van der Waals surface area contributed by atoms with Crippen LogP contribution in [0.5, 0.6) is 11.5 Å². The summed E-state index contributed by atoms with van der Waals surface area (Å²) in [6, 6.07) is 25.4. The van der Waals surface area contributed by atoms with Gasteiger partial charge in [0.25, 0.3) is 0 Å². The number of ether oxygens (including phenoxy) is 2. The number of hydrogen-bond donors (Lipinski definition) is 1. The zero-order chi connectivity index (χ0) is 19.8. The van der Waals surface area contributed by atoms with Gasteiger partial charge in [0.15, 0.2) is 0 Å². The predicted octanol–water partition coefficient (Wildman–Crippen LogP) is 5.42. The quantitative estimate of drug-likeness (QED) is 0.541. The Balaban J connectivity index is 1.77. The number of rotatable bonds is 9. The minimum absolute atomic E-state index is 0.0475. The van der Waals surface area contributed by atoms with Gasteiger partial charge in [0.2, 0.25) is 0 Å². The highest BCUT2D eigenvalue weighted by Gasteiger charge is 2.16. The first-order chi connectivity index (χ1) is 13.6. The van der Waals surface area contributed by atoms with E-state index >= 15 is 0 Å². The highest BCUT2D eigenvalue weighted by atomic mass is 16.5. The van der Waals surface area contributed by atoms with E-state index in [0.29, 0.717) is 24.7 Å². The molecule has 0 bridgehead atoms. The maximum Gasteiger partial charge on any atom is 0.303 e. The Kier molecular flexibility index (Phi) is 6.68. The van der Waals surface area contributed by atoms with E-state index in [9.17, 15) is 4.79 Å². The molecule has 1 N–H and O–H groups in total. The van der Waals surface area contributed by atoms with Crippen molar-refractivity contribution in [1.82, 2.24) is 0 Å². The lowest BCUT2D eigenvalue weighted by Crippen LogP contribution is -2.06. The predicted molar refractivity (Wildman–Crippen MR) is 109 cm³/mol. The lowest BCUT2D eigenvalue weighted by molar-refractivity contribution is -0.137. The molecule has 4 nitrogen and oxygen atoms in total. The zero-order valence-corrected chi connectivity index (χ0v) is 15.9. The molecule has 0 spiro atoms. The molecule has 0 aliphatic heterocycles. The Labute approximate surface area is 165 Å². The summed E-state index contributed by atoms with van der Waals surface area (Å²) in [5.41, 5.74) is 3.00. The smallest absolute Gasteiger partial charge is 0.303 e. The molecule has 28 heavy (non-hydrogen) atoms. The lowest BCUT2D eigenvalue weighted by atomic mass is 9.96. The molecule has 3 aromatic rings. The Morgan fingerprint density at radius 2 is 1.43 bits per heavy atom. The van der Waals surface area contributed by atoms with Gasteiger partial charge in [-0.25, -0.2) is 0 Å².